The molecule has 37 heavy (non-hydrogen) atoms. The van der Waals surface area contributed by atoms with E-state index in [1.54, 1.807) is 32.2 Å². The van der Waals surface area contributed by atoms with Crippen molar-refractivity contribution in [1.29, 1.82) is 0 Å². The average Bonchev–Trinajstić information content (AvgIpc) is 2.85. The lowest BCUT2D eigenvalue weighted by Crippen LogP contribution is -2.48. The van der Waals surface area contributed by atoms with Crippen molar-refractivity contribution >= 4 is 39.1 Å². The molecular weight excluding hydrogens is 514 g/mol. The minimum Gasteiger partial charge on any atom is -0.497 e. The molecule has 0 aromatic heterocycles. The molecule has 0 radical (unpaired) electrons. The summed E-state index contributed by atoms with van der Waals surface area (Å²) in [6, 6.07) is 11.7. The molecule has 0 fully saturated rings. The van der Waals surface area contributed by atoms with Crippen LogP contribution in [0, 0.1) is 6.92 Å². The van der Waals surface area contributed by atoms with E-state index in [0.29, 0.717) is 23.0 Å². The van der Waals surface area contributed by atoms with Gasteiger partial charge in [-0.3, -0.25) is 13.9 Å². The zero-order valence-electron chi connectivity index (χ0n) is 22.3. The monoisotopic (exact) mass is 551 g/mol. The Morgan fingerprint density at radius 2 is 1.86 bits per heavy atom. The van der Waals surface area contributed by atoms with Crippen LogP contribution in [0.2, 0.25) is 5.02 Å². The molecule has 0 spiro atoms. The van der Waals surface area contributed by atoms with E-state index in [4.69, 9.17) is 16.3 Å². The van der Waals surface area contributed by atoms with Gasteiger partial charge in [-0.05, 0) is 62.1 Å². The van der Waals surface area contributed by atoms with Crippen LogP contribution >= 0.6 is 11.6 Å². The number of nitrogens with zero attached hydrogens (tertiary/aromatic N) is 2. The number of sulfonamides is 1. The fourth-order valence-electron chi connectivity index (χ4n) is 3.92. The normalized spacial score (nSPS) is 12.1. The topological polar surface area (TPSA) is 96.0 Å². The van der Waals surface area contributed by atoms with Gasteiger partial charge in [-0.25, -0.2) is 8.42 Å². The summed E-state index contributed by atoms with van der Waals surface area (Å²) in [4.78, 5) is 27.7. The van der Waals surface area contributed by atoms with E-state index in [1.165, 1.54) is 9.21 Å². The van der Waals surface area contributed by atoms with E-state index in [1.807, 2.05) is 38.1 Å². The van der Waals surface area contributed by atoms with Crippen LogP contribution < -0.4 is 14.4 Å². The zero-order chi connectivity index (χ0) is 27.6. The van der Waals surface area contributed by atoms with Gasteiger partial charge in [-0.2, -0.15) is 0 Å². The predicted octanol–water partition coefficient (Wildman–Crippen LogP) is 4.54. The Labute approximate surface area is 226 Å². The van der Waals surface area contributed by atoms with Crippen LogP contribution in [0.4, 0.5) is 5.69 Å². The van der Waals surface area contributed by atoms with Gasteiger partial charge in [0.25, 0.3) is 0 Å². The number of benzene rings is 2. The van der Waals surface area contributed by atoms with Gasteiger partial charge in [0.2, 0.25) is 21.8 Å². The first-order valence-electron chi connectivity index (χ1n) is 12.4. The van der Waals surface area contributed by atoms with E-state index in [9.17, 15) is 18.0 Å². The molecule has 204 valence electrons. The van der Waals surface area contributed by atoms with Gasteiger partial charge in [0.1, 0.15) is 11.8 Å². The molecule has 10 heteroatoms. The molecule has 2 aromatic rings. The summed E-state index contributed by atoms with van der Waals surface area (Å²) >= 11 is 6.12. The molecule has 2 amide bonds. The maximum absolute atomic E-state index is 13.4. The molecule has 0 heterocycles. The smallest absolute Gasteiger partial charge is 0.242 e. The number of carbonyl (C=O) groups is 2. The number of methoxy groups -OCH3 is 1. The molecule has 8 nitrogen and oxygen atoms in total. The lowest BCUT2D eigenvalue weighted by Gasteiger charge is -2.29. The quantitative estimate of drug-likeness (QED) is 0.348. The highest BCUT2D eigenvalue weighted by Gasteiger charge is 2.27. The highest BCUT2D eigenvalue weighted by Crippen LogP contribution is 2.27. The average molecular weight is 552 g/mol. The molecule has 2 aromatic carbocycles. The van der Waals surface area contributed by atoms with Gasteiger partial charge < -0.3 is 15.0 Å². The first-order valence-corrected chi connectivity index (χ1v) is 14.6. The van der Waals surface area contributed by atoms with E-state index < -0.39 is 16.1 Å². The Kier molecular flexibility index (Phi) is 11.7. The number of amides is 2. The summed E-state index contributed by atoms with van der Waals surface area (Å²) in [5, 5.41) is 3.33. The minimum atomic E-state index is -3.60. The summed E-state index contributed by atoms with van der Waals surface area (Å²) in [7, 11) is -2.03. The third-order valence-corrected chi connectivity index (χ3v) is 7.49. The Morgan fingerprint density at radius 3 is 2.51 bits per heavy atom. The Balaban J connectivity index is 2.20. The van der Waals surface area contributed by atoms with Crippen molar-refractivity contribution in [1.82, 2.24) is 10.2 Å². The van der Waals surface area contributed by atoms with Gasteiger partial charge in [-0.15, -0.1) is 0 Å². The van der Waals surface area contributed by atoms with Crippen molar-refractivity contribution in [3.05, 3.63) is 58.6 Å². The molecule has 0 unspecified atom stereocenters. The number of halogens is 1. The van der Waals surface area contributed by atoms with Crippen LogP contribution in [-0.4, -0.2) is 57.6 Å². The minimum absolute atomic E-state index is 0.0716. The Hall–Kier alpha value is -2.78. The summed E-state index contributed by atoms with van der Waals surface area (Å²) < 4.78 is 31.7. The van der Waals surface area contributed by atoms with Crippen molar-refractivity contribution in [3.63, 3.8) is 0 Å². The van der Waals surface area contributed by atoms with Crippen LogP contribution in [0.1, 0.15) is 50.7 Å². The number of anilines is 1. The Bertz CT molecular complexity index is 1170. The summed E-state index contributed by atoms with van der Waals surface area (Å²) in [6.07, 6.45) is 3.28. The maximum atomic E-state index is 13.4. The summed E-state index contributed by atoms with van der Waals surface area (Å²) in [5.41, 5.74) is 2.07. The van der Waals surface area contributed by atoms with Crippen molar-refractivity contribution in [2.75, 3.05) is 30.8 Å². The fourth-order valence-corrected chi connectivity index (χ4v) is 5.10. The molecule has 1 N–H and O–H groups in total. The van der Waals surface area contributed by atoms with E-state index >= 15 is 0 Å². The number of hydrogen-bond donors (Lipinski definition) is 1. The SMILES string of the molecule is CCCCNC(=O)[C@H](C)N(Cc1cccc(OC)c1)C(=O)CCCN(c1cc(Cl)ccc1C)S(C)(=O)=O. The second-order valence-electron chi connectivity index (χ2n) is 9.06. The van der Waals surface area contributed by atoms with Crippen molar-refractivity contribution in [2.45, 2.75) is 59.0 Å². The van der Waals surface area contributed by atoms with E-state index in [0.717, 1.165) is 30.2 Å². The molecule has 0 aliphatic heterocycles. The number of nitrogens with one attached hydrogen (secondary N) is 1. The predicted molar refractivity (Wildman–Crippen MR) is 149 cm³/mol. The number of hydrogen-bond acceptors (Lipinski definition) is 5. The maximum Gasteiger partial charge on any atom is 0.242 e. The molecule has 0 saturated heterocycles. The van der Waals surface area contributed by atoms with Crippen LogP contribution in [0.25, 0.3) is 0 Å². The van der Waals surface area contributed by atoms with Crippen LogP contribution in [0.15, 0.2) is 42.5 Å². The first-order chi connectivity index (χ1) is 17.5. The number of unbranched alkanes of at least 4 members (excludes halogenated alkanes) is 1. The van der Waals surface area contributed by atoms with Crippen LogP contribution in [0.5, 0.6) is 5.75 Å². The molecule has 2 rings (SSSR count). The number of rotatable bonds is 14. The van der Waals surface area contributed by atoms with E-state index in [-0.39, 0.29) is 37.7 Å². The molecule has 0 bridgehead atoms. The van der Waals surface area contributed by atoms with Crippen molar-refractivity contribution < 1.29 is 22.7 Å². The largest absolute Gasteiger partial charge is 0.497 e. The van der Waals surface area contributed by atoms with Gasteiger partial charge >= 0.3 is 0 Å². The zero-order valence-corrected chi connectivity index (χ0v) is 23.9. The van der Waals surface area contributed by atoms with E-state index in [2.05, 4.69) is 5.32 Å². The molecule has 1 atom stereocenters. The van der Waals surface area contributed by atoms with Gasteiger partial charge in [0.15, 0.2) is 0 Å². The van der Waals surface area contributed by atoms with Gasteiger partial charge in [0.05, 0.1) is 19.1 Å². The molecule has 0 aliphatic rings. The lowest BCUT2D eigenvalue weighted by molar-refractivity contribution is -0.140. The standard InChI is InChI=1S/C27H38ClN3O5S/c1-6-7-15-29-27(33)21(3)30(19-22-10-8-11-24(17-22)36-4)26(32)12-9-16-31(37(5,34)35)25-18-23(28)14-13-20(25)2/h8,10-11,13-14,17-18,21H,6-7,9,12,15-16,19H2,1-5H3,(H,29,33)/t21-/m0/s1. The molecular formula is C27H38ClN3O5S. The number of ether oxygens (including phenoxy) is 1. The summed E-state index contributed by atoms with van der Waals surface area (Å²) in [6.45, 7) is 6.43. The second kappa shape index (κ2) is 14.2. The lowest BCUT2D eigenvalue weighted by atomic mass is 10.1. The van der Waals surface area contributed by atoms with Gasteiger partial charge in [0, 0.05) is 31.1 Å². The Morgan fingerprint density at radius 1 is 1.14 bits per heavy atom. The van der Waals surface area contributed by atoms with Crippen LogP contribution in [0.3, 0.4) is 0 Å². The molecule has 0 saturated carbocycles. The third-order valence-electron chi connectivity index (χ3n) is 6.08. The van der Waals surface area contributed by atoms with Gasteiger partial charge in [-0.1, -0.05) is 43.1 Å². The highest BCUT2D eigenvalue weighted by atomic mass is 35.5. The van der Waals surface area contributed by atoms with Crippen molar-refractivity contribution in [2.24, 2.45) is 0 Å². The summed E-state index contributed by atoms with van der Waals surface area (Å²) in [5.74, 6) is 0.194. The van der Waals surface area contributed by atoms with Crippen LogP contribution in [-0.2, 0) is 26.2 Å². The molecule has 0 aliphatic carbocycles. The first kappa shape index (κ1) is 30.4. The number of carbonyl (C=O) groups excluding carboxylic acids is 2. The fraction of sp³-hybridized carbons (Fsp3) is 0.481. The third kappa shape index (κ3) is 9.23. The van der Waals surface area contributed by atoms with Crippen molar-refractivity contribution in [3.8, 4) is 5.75 Å². The highest BCUT2D eigenvalue weighted by molar-refractivity contribution is 7.92. The number of aryl methyl sites for hydroxylation is 1. The second-order valence-corrected chi connectivity index (χ2v) is 11.4.